The van der Waals surface area contributed by atoms with Crippen molar-refractivity contribution in [3.63, 3.8) is 0 Å². The van der Waals surface area contributed by atoms with Crippen LogP contribution < -0.4 is 0 Å². The molecule has 1 aliphatic heterocycles. The zero-order chi connectivity index (χ0) is 16.4. The lowest BCUT2D eigenvalue weighted by Crippen LogP contribution is -2.51. The smallest absolute Gasteiger partial charge is 0.310 e. The number of carbonyl (C=O) groups excluding carboxylic acids is 2. The molecule has 0 N–H and O–H groups in total. The number of esters is 1. The molecule has 0 aromatic heterocycles. The molecule has 0 aromatic carbocycles. The van der Waals surface area contributed by atoms with Gasteiger partial charge >= 0.3 is 5.97 Å². The summed E-state index contributed by atoms with van der Waals surface area (Å²) in [6.07, 6.45) is 9.29. The number of ketones is 1. The Morgan fingerprint density at radius 3 is 2.70 bits per heavy atom. The Morgan fingerprint density at radius 1 is 1.17 bits per heavy atom. The number of fused-ring (bicyclic) bond motifs is 5. The molecule has 3 nitrogen and oxygen atoms in total. The van der Waals surface area contributed by atoms with Gasteiger partial charge in [0.2, 0.25) is 0 Å². The van der Waals surface area contributed by atoms with Gasteiger partial charge in [0.1, 0.15) is 11.5 Å². The molecule has 4 aliphatic rings. The molecule has 6 atom stereocenters. The first-order valence-corrected chi connectivity index (χ1v) is 9.28. The average Bonchev–Trinajstić information content (AvgIpc) is 2.85. The fourth-order valence-corrected chi connectivity index (χ4v) is 6.74. The summed E-state index contributed by atoms with van der Waals surface area (Å²) >= 11 is 0. The van der Waals surface area contributed by atoms with Gasteiger partial charge in [-0.3, -0.25) is 9.59 Å². The molecule has 0 radical (unpaired) electrons. The number of ether oxygens (including phenoxy) is 1. The molecular weight excluding hydrogens is 288 g/mol. The highest BCUT2D eigenvalue weighted by Crippen LogP contribution is 2.65. The Hall–Kier alpha value is -1.12. The summed E-state index contributed by atoms with van der Waals surface area (Å²) in [5.74, 6) is 3.45. The van der Waals surface area contributed by atoms with Crippen LogP contribution >= 0.6 is 0 Å². The highest BCUT2D eigenvalue weighted by atomic mass is 16.5. The van der Waals surface area contributed by atoms with Gasteiger partial charge in [-0.25, -0.2) is 0 Å². The van der Waals surface area contributed by atoms with Crippen LogP contribution in [0.2, 0.25) is 0 Å². The number of hydrogen-bond acceptors (Lipinski definition) is 3. The molecule has 3 aliphatic carbocycles. The molecule has 1 saturated heterocycles. The van der Waals surface area contributed by atoms with E-state index in [0.29, 0.717) is 30.0 Å². The van der Waals surface area contributed by atoms with E-state index in [1.54, 1.807) is 6.92 Å². The fraction of sp³-hybridized carbons (Fsp3) is 0.800. The van der Waals surface area contributed by atoms with E-state index in [9.17, 15) is 9.59 Å². The molecule has 0 spiro atoms. The summed E-state index contributed by atoms with van der Waals surface area (Å²) in [6.45, 7) is 6.46. The zero-order valence-electron chi connectivity index (χ0n) is 14.6. The summed E-state index contributed by atoms with van der Waals surface area (Å²) in [5.41, 5.74) is 0.229. The molecule has 3 fully saturated rings. The predicted molar refractivity (Wildman–Crippen MR) is 87.3 cm³/mol. The van der Waals surface area contributed by atoms with Crippen LogP contribution in [0.25, 0.3) is 0 Å². The lowest BCUT2D eigenvalue weighted by molar-refractivity contribution is -0.152. The second-order valence-electron chi connectivity index (χ2n) is 8.86. The van der Waals surface area contributed by atoms with Gasteiger partial charge in [0.15, 0.2) is 0 Å². The van der Waals surface area contributed by atoms with Crippen molar-refractivity contribution in [2.24, 2.45) is 34.5 Å². The highest BCUT2D eigenvalue weighted by Gasteiger charge is 2.60. The second kappa shape index (κ2) is 4.94. The van der Waals surface area contributed by atoms with Crippen LogP contribution in [0.3, 0.4) is 0 Å². The predicted octanol–water partition coefficient (Wildman–Crippen LogP) is 4.27. The van der Waals surface area contributed by atoms with E-state index in [4.69, 9.17) is 4.74 Å². The van der Waals surface area contributed by atoms with Crippen LogP contribution in [0.5, 0.6) is 0 Å². The van der Waals surface area contributed by atoms with E-state index < -0.39 is 0 Å². The van der Waals surface area contributed by atoms with Crippen LogP contribution in [0.15, 0.2) is 11.8 Å². The minimum atomic E-state index is -0.0645. The van der Waals surface area contributed by atoms with Gasteiger partial charge in [-0.2, -0.15) is 0 Å². The van der Waals surface area contributed by atoms with Gasteiger partial charge in [-0.1, -0.05) is 13.8 Å². The molecule has 4 rings (SSSR count). The van der Waals surface area contributed by atoms with Crippen molar-refractivity contribution in [2.45, 2.75) is 65.7 Å². The summed E-state index contributed by atoms with van der Waals surface area (Å²) in [5, 5.41) is 0. The Balaban J connectivity index is 1.67. The maximum Gasteiger partial charge on any atom is 0.310 e. The van der Waals surface area contributed by atoms with Gasteiger partial charge < -0.3 is 4.74 Å². The third-order valence-electron chi connectivity index (χ3n) is 7.96. The molecular formula is C20H28O3. The van der Waals surface area contributed by atoms with E-state index in [2.05, 4.69) is 19.9 Å². The molecule has 1 heterocycles. The molecule has 23 heavy (non-hydrogen) atoms. The maximum atomic E-state index is 12.1. The van der Waals surface area contributed by atoms with Crippen molar-refractivity contribution < 1.29 is 14.3 Å². The van der Waals surface area contributed by atoms with Crippen molar-refractivity contribution in [1.29, 1.82) is 0 Å². The first kappa shape index (κ1) is 15.4. The minimum Gasteiger partial charge on any atom is -0.431 e. The van der Waals surface area contributed by atoms with E-state index in [1.165, 1.54) is 12.8 Å². The van der Waals surface area contributed by atoms with Crippen LogP contribution in [-0.2, 0) is 14.3 Å². The van der Waals surface area contributed by atoms with Crippen molar-refractivity contribution in [2.75, 3.05) is 0 Å². The molecule has 126 valence electrons. The largest absolute Gasteiger partial charge is 0.431 e. The lowest BCUT2D eigenvalue weighted by Gasteiger charge is -2.56. The van der Waals surface area contributed by atoms with Gasteiger partial charge in [-0.15, -0.1) is 0 Å². The van der Waals surface area contributed by atoms with Crippen LogP contribution in [-0.4, -0.2) is 11.8 Å². The number of Topliss-reactive ketones (excluding diaryl/α,β-unsaturated/α-hetero) is 1. The van der Waals surface area contributed by atoms with Crippen LogP contribution in [0.1, 0.15) is 65.7 Å². The topological polar surface area (TPSA) is 43.4 Å². The van der Waals surface area contributed by atoms with Crippen molar-refractivity contribution in [1.82, 2.24) is 0 Å². The number of hydrogen-bond donors (Lipinski definition) is 0. The summed E-state index contributed by atoms with van der Waals surface area (Å²) < 4.78 is 5.61. The molecule has 0 amide bonds. The summed E-state index contributed by atoms with van der Waals surface area (Å²) in [7, 11) is 0. The first-order valence-electron chi connectivity index (χ1n) is 9.28. The first-order chi connectivity index (χ1) is 10.9. The fourth-order valence-electron chi connectivity index (χ4n) is 6.74. The zero-order valence-corrected chi connectivity index (χ0v) is 14.6. The van der Waals surface area contributed by atoms with Gasteiger partial charge in [0, 0.05) is 17.8 Å². The average molecular weight is 316 g/mol. The van der Waals surface area contributed by atoms with Crippen molar-refractivity contribution in [3.05, 3.63) is 11.8 Å². The van der Waals surface area contributed by atoms with Gasteiger partial charge in [0.25, 0.3) is 0 Å². The maximum absolute atomic E-state index is 12.1. The summed E-state index contributed by atoms with van der Waals surface area (Å²) in [6, 6.07) is 0. The van der Waals surface area contributed by atoms with E-state index >= 15 is 0 Å². The van der Waals surface area contributed by atoms with Crippen LogP contribution in [0.4, 0.5) is 0 Å². The van der Waals surface area contributed by atoms with E-state index in [1.807, 2.05) is 0 Å². The standard InChI is InChI=1S/C20H28O3/c1-12(21)14-5-6-15-13-4-7-17-20(3,11-9-18(22)23-17)16(13)8-10-19(14,15)2/h7,13-16H,4-6,8-11H2,1-3H3/t13-,14+,15+,16-,19-,20-/m1/s1. The van der Waals surface area contributed by atoms with E-state index in [0.717, 1.165) is 31.4 Å². The third kappa shape index (κ3) is 2.01. The quantitative estimate of drug-likeness (QED) is 0.679. The normalized spacial score (nSPS) is 48.7. The highest BCUT2D eigenvalue weighted by molar-refractivity contribution is 5.79. The monoisotopic (exact) mass is 316 g/mol. The molecule has 0 bridgehead atoms. The molecule has 2 saturated carbocycles. The van der Waals surface area contributed by atoms with Crippen molar-refractivity contribution in [3.8, 4) is 0 Å². The minimum absolute atomic E-state index is 0.0342. The lowest BCUT2D eigenvalue weighted by atomic mass is 9.49. The Morgan fingerprint density at radius 2 is 1.96 bits per heavy atom. The summed E-state index contributed by atoms with van der Waals surface area (Å²) in [4.78, 5) is 23.8. The third-order valence-corrected chi connectivity index (χ3v) is 7.96. The Bertz CT molecular complexity index is 592. The SMILES string of the molecule is CC(=O)[C@@H]1CC[C@H]2[C@H]3CC=C4OC(=O)CC[C@]4(C)[C@@H]3CC[C@]12C. The number of allylic oxidation sites excluding steroid dienone is 2. The molecule has 0 unspecified atom stereocenters. The number of carbonyl (C=O) groups is 2. The molecule has 0 aromatic rings. The Labute approximate surface area is 138 Å². The van der Waals surface area contributed by atoms with E-state index in [-0.39, 0.29) is 22.7 Å². The second-order valence-corrected chi connectivity index (χ2v) is 8.86. The molecule has 3 heteroatoms. The van der Waals surface area contributed by atoms with Gasteiger partial charge in [-0.05, 0) is 74.7 Å². The van der Waals surface area contributed by atoms with Crippen molar-refractivity contribution >= 4 is 11.8 Å². The van der Waals surface area contributed by atoms with Crippen LogP contribution in [0, 0.1) is 34.5 Å². The Kier molecular flexibility index (Phi) is 3.31. The number of rotatable bonds is 1. The van der Waals surface area contributed by atoms with Gasteiger partial charge in [0.05, 0.1) is 0 Å².